The molecule has 0 atom stereocenters. The largest absolute Gasteiger partial charge is 0.390 e. The van der Waals surface area contributed by atoms with Gasteiger partial charge in [0.15, 0.2) is 0 Å². The summed E-state index contributed by atoms with van der Waals surface area (Å²) < 4.78 is 60.6. The highest BCUT2D eigenvalue weighted by atomic mass is 35.5. The molecule has 19 heavy (non-hydrogen) atoms. The van der Waals surface area contributed by atoms with Crippen molar-refractivity contribution >= 4 is 33.2 Å². The Morgan fingerprint density at radius 3 is 2.42 bits per heavy atom. The molecule has 1 aromatic heterocycles. The van der Waals surface area contributed by atoms with Gasteiger partial charge in [-0.2, -0.15) is 13.2 Å². The van der Waals surface area contributed by atoms with Crippen LogP contribution in [0, 0.1) is 0 Å². The lowest BCUT2D eigenvalue weighted by Crippen LogP contribution is -2.30. The highest BCUT2D eigenvalue weighted by Crippen LogP contribution is 2.25. The summed E-state index contributed by atoms with van der Waals surface area (Å²) in [5, 5.41) is -0.175. The molecule has 0 radical (unpaired) electrons. The Labute approximate surface area is 118 Å². The molecule has 0 unspecified atom stereocenters. The second-order valence-electron chi connectivity index (χ2n) is 3.64. The third-order valence-electron chi connectivity index (χ3n) is 2.19. The van der Waals surface area contributed by atoms with Gasteiger partial charge in [-0.25, -0.2) is 17.7 Å². The molecule has 0 fully saturated rings. The van der Waals surface area contributed by atoms with Gasteiger partial charge in [0, 0.05) is 19.8 Å². The monoisotopic (exact) mass is 336 g/mol. The van der Waals surface area contributed by atoms with Crippen LogP contribution in [0.5, 0.6) is 0 Å². The predicted octanol–water partition coefficient (Wildman–Crippen LogP) is 2.96. The zero-order valence-electron chi connectivity index (χ0n) is 9.58. The van der Waals surface area contributed by atoms with E-state index < -0.39 is 29.2 Å². The van der Waals surface area contributed by atoms with E-state index in [4.69, 9.17) is 23.2 Å². The first kappa shape index (κ1) is 16.5. The number of pyridine rings is 1. The van der Waals surface area contributed by atoms with Gasteiger partial charge in [-0.05, 0) is 6.07 Å². The Morgan fingerprint density at radius 2 is 1.95 bits per heavy atom. The molecular formula is C9H9Cl2F3N2O2S. The van der Waals surface area contributed by atoms with E-state index in [2.05, 4.69) is 4.98 Å². The maximum atomic E-state index is 12.1. The fourth-order valence-corrected chi connectivity index (χ4v) is 2.61. The molecule has 1 aromatic rings. The van der Waals surface area contributed by atoms with E-state index in [-0.39, 0.29) is 15.1 Å². The van der Waals surface area contributed by atoms with Crippen LogP contribution < -0.4 is 0 Å². The number of halogens is 5. The summed E-state index contributed by atoms with van der Waals surface area (Å²) in [5.74, 6) is 0. The van der Waals surface area contributed by atoms with Gasteiger partial charge in [0.25, 0.3) is 0 Å². The number of alkyl halides is 3. The highest BCUT2D eigenvalue weighted by Gasteiger charge is 2.30. The van der Waals surface area contributed by atoms with Gasteiger partial charge in [-0.3, -0.25) is 0 Å². The molecule has 0 N–H and O–H groups in total. The molecule has 0 saturated carbocycles. The Balaban J connectivity index is 2.94. The van der Waals surface area contributed by atoms with Crippen LogP contribution in [0.3, 0.4) is 0 Å². The lowest BCUT2D eigenvalue weighted by Gasteiger charge is -2.18. The van der Waals surface area contributed by atoms with Crippen LogP contribution in [-0.4, -0.2) is 37.5 Å². The van der Waals surface area contributed by atoms with Crippen LogP contribution in [0.2, 0.25) is 10.2 Å². The summed E-state index contributed by atoms with van der Waals surface area (Å²) in [6.45, 7) is -0.688. The second kappa shape index (κ2) is 5.82. The maximum absolute atomic E-state index is 12.1. The Morgan fingerprint density at radius 1 is 1.37 bits per heavy atom. The fourth-order valence-electron chi connectivity index (χ4n) is 1.13. The molecule has 0 saturated heterocycles. The Hall–Kier alpha value is -0.570. The molecule has 0 aliphatic heterocycles. The molecule has 4 nitrogen and oxygen atoms in total. The minimum absolute atomic E-state index is 0.0847. The van der Waals surface area contributed by atoms with Crippen LogP contribution in [0.15, 0.2) is 17.2 Å². The van der Waals surface area contributed by atoms with Gasteiger partial charge in [0.2, 0.25) is 10.0 Å². The molecule has 1 heterocycles. The molecule has 0 amide bonds. The van der Waals surface area contributed by atoms with E-state index in [9.17, 15) is 21.6 Å². The van der Waals surface area contributed by atoms with Crippen LogP contribution >= 0.6 is 23.2 Å². The molecule has 0 aliphatic rings. The van der Waals surface area contributed by atoms with E-state index >= 15 is 0 Å². The molecule has 0 spiro atoms. The minimum atomic E-state index is -4.43. The average Bonchev–Trinajstić information content (AvgIpc) is 2.28. The van der Waals surface area contributed by atoms with Crippen molar-refractivity contribution in [1.29, 1.82) is 0 Å². The summed E-state index contributed by atoms with van der Waals surface area (Å²) in [5.41, 5.74) is 0. The first-order chi connectivity index (χ1) is 8.54. The van der Waals surface area contributed by atoms with Gasteiger partial charge in [-0.1, -0.05) is 23.2 Å². The minimum Gasteiger partial charge on any atom is -0.242 e. The molecule has 108 valence electrons. The summed E-state index contributed by atoms with van der Waals surface area (Å²) >= 11 is 11.1. The van der Waals surface area contributed by atoms with E-state index in [1.165, 1.54) is 0 Å². The first-order valence-corrected chi connectivity index (χ1v) is 7.08. The van der Waals surface area contributed by atoms with Crippen LogP contribution in [-0.2, 0) is 10.0 Å². The third-order valence-corrected chi connectivity index (χ3v) is 4.70. The molecule has 0 aliphatic carbocycles. The number of nitrogens with zero attached hydrogens (tertiary/aromatic N) is 2. The lowest BCUT2D eigenvalue weighted by atomic mass is 10.4. The van der Waals surface area contributed by atoms with Gasteiger partial charge in [0.05, 0.1) is 11.4 Å². The van der Waals surface area contributed by atoms with Crippen LogP contribution in [0.25, 0.3) is 0 Å². The summed E-state index contributed by atoms with van der Waals surface area (Å²) in [7, 11) is -3.03. The zero-order valence-corrected chi connectivity index (χ0v) is 11.9. The van der Waals surface area contributed by atoms with Crippen LogP contribution in [0.4, 0.5) is 13.2 Å². The maximum Gasteiger partial charge on any atom is 0.390 e. The zero-order chi connectivity index (χ0) is 14.8. The number of hydrogen-bond acceptors (Lipinski definition) is 3. The average molecular weight is 337 g/mol. The van der Waals surface area contributed by atoms with E-state index in [0.29, 0.717) is 4.31 Å². The SMILES string of the molecule is CN(CCC(F)(F)F)S(=O)(=O)c1cnc(Cl)c(Cl)c1. The Kier molecular flexibility index (Phi) is 5.05. The van der Waals surface area contributed by atoms with Crippen LogP contribution in [0.1, 0.15) is 6.42 Å². The van der Waals surface area contributed by atoms with E-state index in [1.54, 1.807) is 0 Å². The lowest BCUT2D eigenvalue weighted by molar-refractivity contribution is -0.135. The summed E-state index contributed by atoms with van der Waals surface area (Å²) in [6.07, 6.45) is -4.73. The smallest absolute Gasteiger partial charge is 0.242 e. The second-order valence-corrected chi connectivity index (χ2v) is 6.45. The highest BCUT2D eigenvalue weighted by molar-refractivity contribution is 7.89. The Bertz CT molecular complexity index is 563. The van der Waals surface area contributed by atoms with Crippen molar-refractivity contribution in [3.63, 3.8) is 0 Å². The van der Waals surface area contributed by atoms with E-state index in [1.807, 2.05) is 0 Å². The predicted molar refractivity (Wildman–Crippen MR) is 64.7 cm³/mol. The standard InChI is InChI=1S/C9H9Cl2F3N2O2S/c1-16(3-2-9(12,13)14)19(17,18)6-4-7(10)8(11)15-5-6/h4-5H,2-3H2,1H3. The van der Waals surface area contributed by atoms with Crippen molar-refractivity contribution in [2.24, 2.45) is 0 Å². The van der Waals surface area contributed by atoms with Gasteiger partial charge in [-0.15, -0.1) is 0 Å². The van der Waals surface area contributed by atoms with Crippen molar-refractivity contribution in [3.8, 4) is 0 Å². The van der Waals surface area contributed by atoms with Crippen molar-refractivity contribution in [2.75, 3.05) is 13.6 Å². The number of aromatic nitrogens is 1. The summed E-state index contributed by atoms with van der Waals surface area (Å²) in [6, 6.07) is 1.04. The van der Waals surface area contributed by atoms with Crippen molar-refractivity contribution < 1.29 is 21.6 Å². The first-order valence-electron chi connectivity index (χ1n) is 4.88. The fraction of sp³-hybridized carbons (Fsp3) is 0.444. The third kappa shape index (κ3) is 4.48. The molecule has 1 rings (SSSR count). The molecule has 0 aromatic carbocycles. The van der Waals surface area contributed by atoms with Crippen molar-refractivity contribution in [3.05, 3.63) is 22.4 Å². The van der Waals surface area contributed by atoms with Gasteiger partial charge >= 0.3 is 6.18 Å². The van der Waals surface area contributed by atoms with Gasteiger partial charge < -0.3 is 0 Å². The normalized spacial score (nSPS) is 13.0. The quantitative estimate of drug-likeness (QED) is 0.794. The van der Waals surface area contributed by atoms with Gasteiger partial charge in [0.1, 0.15) is 10.0 Å². The number of sulfonamides is 1. The summed E-state index contributed by atoms with van der Waals surface area (Å²) in [4.78, 5) is 3.23. The molecule has 0 bridgehead atoms. The number of rotatable bonds is 4. The van der Waals surface area contributed by atoms with E-state index in [0.717, 1.165) is 19.3 Å². The molecule has 10 heteroatoms. The van der Waals surface area contributed by atoms with Crippen molar-refractivity contribution in [2.45, 2.75) is 17.5 Å². The molecular weight excluding hydrogens is 328 g/mol. The topological polar surface area (TPSA) is 50.3 Å². The number of hydrogen-bond donors (Lipinski definition) is 0. The van der Waals surface area contributed by atoms with Crippen molar-refractivity contribution in [1.82, 2.24) is 9.29 Å².